The molecule has 0 bridgehead atoms. The normalized spacial score (nSPS) is 25.9. The van der Waals surface area contributed by atoms with Crippen LogP contribution >= 0.6 is 11.6 Å². The monoisotopic (exact) mass is 278 g/mol. The Morgan fingerprint density at radius 2 is 2.16 bits per heavy atom. The van der Waals surface area contributed by atoms with Crippen molar-refractivity contribution < 1.29 is 9.59 Å². The fourth-order valence-corrected chi connectivity index (χ4v) is 3.17. The molecular formula is C14H15ClN2O2. The molecule has 1 unspecified atom stereocenters. The number of likely N-dealkylation sites (tertiary alicyclic amines) is 1. The minimum Gasteiger partial charge on any atom is -0.355 e. The molecular weight excluding hydrogens is 264 g/mol. The van der Waals surface area contributed by atoms with Gasteiger partial charge in [-0.15, -0.1) is 0 Å². The van der Waals surface area contributed by atoms with Crippen LogP contribution < -0.4 is 5.32 Å². The lowest BCUT2D eigenvalue weighted by atomic mass is 9.86. The van der Waals surface area contributed by atoms with Crippen LogP contribution in [0.5, 0.6) is 0 Å². The maximum Gasteiger partial charge on any atom is 0.255 e. The van der Waals surface area contributed by atoms with Crippen LogP contribution in [0.25, 0.3) is 0 Å². The van der Waals surface area contributed by atoms with E-state index in [9.17, 15) is 9.59 Å². The summed E-state index contributed by atoms with van der Waals surface area (Å²) in [5.41, 5.74) is 0.479. The van der Waals surface area contributed by atoms with Crippen molar-refractivity contribution in [1.29, 1.82) is 0 Å². The molecule has 1 N–H and O–H groups in total. The average molecular weight is 279 g/mol. The van der Waals surface area contributed by atoms with Gasteiger partial charge in [0.25, 0.3) is 5.91 Å². The van der Waals surface area contributed by atoms with Crippen LogP contribution in [-0.2, 0) is 4.79 Å². The lowest BCUT2D eigenvalue weighted by Gasteiger charge is -2.22. The van der Waals surface area contributed by atoms with Crippen molar-refractivity contribution in [2.24, 2.45) is 5.41 Å². The number of amides is 2. The predicted octanol–water partition coefficient (Wildman–Crippen LogP) is 1.69. The van der Waals surface area contributed by atoms with E-state index in [0.29, 0.717) is 36.6 Å². The largest absolute Gasteiger partial charge is 0.355 e. The second kappa shape index (κ2) is 4.53. The van der Waals surface area contributed by atoms with Crippen molar-refractivity contribution in [2.75, 3.05) is 19.6 Å². The lowest BCUT2D eigenvalue weighted by molar-refractivity contribution is -0.119. The van der Waals surface area contributed by atoms with Gasteiger partial charge in [-0.25, -0.2) is 0 Å². The summed E-state index contributed by atoms with van der Waals surface area (Å²) in [5, 5.41) is 3.34. The fraction of sp³-hybridized carbons (Fsp3) is 0.429. The third-order valence-corrected chi connectivity index (χ3v) is 4.36. The summed E-state index contributed by atoms with van der Waals surface area (Å²) < 4.78 is 0. The Labute approximate surface area is 116 Å². The van der Waals surface area contributed by atoms with Crippen molar-refractivity contribution >= 4 is 23.4 Å². The molecule has 3 rings (SSSR count). The Morgan fingerprint density at radius 1 is 1.37 bits per heavy atom. The zero-order chi connectivity index (χ0) is 13.5. The van der Waals surface area contributed by atoms with E-state index in [1.54, 1.807) is 12.1 Å². The number of hydrogen-bond acceptors (Lipinski definition) is 2. The van der Waals surface area contributed by atoms with Gasteiger partial charge in [-0.05, 0) is 18.6 Å². The molecule has 2 heterocycles. The van der Waals surface area contributed by atoms with Crippen LogP contribution in [0.15, 0.2) is 24.3 Å². The van der Waals surface area contributed by atoms with Gasteiger partial charge in [0.1, 0.15) is 0 Å². The summed E-state index contributed by atoms with van der Waals surface area (Å²) in [6.07, 6.45) is 1.40. The lowest BCUT2D eigenvalue weighted by Crippen LogP contribution is -2.33. The summed E-state index contributed by atoms with van der Waals surface area (Å²) >= 11 is 6.06. The number of hydrogen-bond donors (Lipinski definition) is 1. The Bertz CT molecular complexity index is 546. The second-order valence-electron chi connectivity index (χ2n) is 5.41. The van der Waals surface area contributed by atoms with E-state index in [1.165, 1.54) is 0 Å². The Morgan fingerprint density at radius 3 is 2.84 bits per heavy atom. The smallest absolute Gasteiger partial charge is 0.255 e. The van der Waals surface area contributed by atoms with Crippen molar-refractivity contribution in [3.8, 4) is 0 Å². The maximum atomic E-state index is 12.4. The SMILES string of the molecule is O=C1CC2(CCN(C(=O)c3ccccc3Cl)C2)CN1. The maximum absolute atomic E-state index is 12.4. The molecule has 1 atom stereocenters. The fourth-order valence-electron chi connectivity index (χ4n) is 2.95. The Kier molecular flexibility index (Phi) is 2.97. The van der Waals surface area contributed by atoms with Gasteiger partial charge >= 0.3 is 0 Å². The molecule has 1 aromatic carbocycles. The molecule has 0 radical (unpaired) electrons. The van der Waals surface area contributed by atoms with E-state index < -0.39 is 0 Å². The minimum absolute atomic E-state index is 0.0400. The van der Waals surface area contributed by atoms with Crippen LogP contribution in [0.1, 0.15) is 23.2 Å². The summed E-state index contributed by atoms with van der Waals surface area (Å²) in [6, 6.07) is 7.09. The van der Waals surface area contributed by atoms with Crippen LogP contribution in [0.3, 0.4) is 0 Å². The summed E-state index contributed by atoms with van der Waals surface area (Å²) in [5.74, 6) is 0.0499. The molecule has 2 aliphatic heterocycles. The number of benzene rings is 1. The first kappa shape index (κ1) is 12.5. The summed E-state index contributed by atoms with van der Waals surface area (Å²) in [6.45, 7) is 2.01. The highest BCUT2D eigenvalue weighted by Gasteiger charge is 2.45. The Balaban J connectivity index is 1.77. The van der Waals surface area contributed by atoms with Gasteiger partial charge in [0, 0.05) is 31.5 Å². The standard InChI is InChI=1S/C14H15ClN2O2/c15-11-4-2-1-3-10(11)13(19)17-6-5-14(9-17)7-12(18)16-8-14/h1-4H,5-9H2,(H,16,18). The number of nitrogens with zero attached hydrogens (tertiary/aromatic N) is 1. The van der Waals surface area contributed by atoms with Crippen LogP contribution in [-0.4, -0.2) is 36.3 Å². The third kappa shape index (κ3) is 2.21. The van der Waals surface area contributed by atoms with E-state index in [-0.39, 0.29) is 17.2 Å². The van der Waals surface area contributed by atoms with E-state index in [2.05, 4.69) is 5.32 Å². The zero-order valence-electron chi connectivity index (χ0n) is 10.5. The number of carbonyl (C=O) groups is 2. The molecule has 2 saturated heterocycles. The van der Waals surface area contributed by atoms with Crippen molar-refractivity contribution in [1.82, 2.24) is 10.2 Å². The van der Waals surface area contributed by atoms with Crippen LogP contribution in [0.2, 0.25) is 5.02 Å². The van der Waals surface area contributed by atoms with E-state index in [1.807, 2.05) is 17.0 Å². The van der Waals surface area contributed by atoms with E-state index in [0.717, 1.165) is 6.42 Å². The second-order valence-corrected chi connectivity index (χ2v) is 5.82. The van der Waals surface area contributed by atoms with Crippen molar-refractivity contribution in [3.05, 3.63) is 34.9 Å². The van der Waals surface area contributed by atoms with Crippen molar-refractivity contribution in [3.63, 3.8) is 0 Å². The number of carbonyl (C=O) groups excluding carboxylic acids is 2. The number of nitrogens with one attached hydrogen (secondary N) is 1. The molecule has 1 spiro atoms. The summed E-state index contributed by atoms with van der Waals surface area (Å²) in [4.78, 5) is 25.6. The van der Waals surface area contributed by atoms with Gasteiger partial charge in [0.15, 0.2) is 0 Å². The molecule has 19 heavy (non-hydrogen) atoms. The molecule has 2 fully saturated rings. The first-order valence-corrected chi connectivity index (χ1v) is 6.78. The minimum atomic E-state index is -0.0615. The molecule has 1 aromatic rings. The quantitative estimate of drug-likeness (QED) is 0.850. The third-order valence-electron chi connectivity index (χ3n) is 4.03. The molecule has 100 valence electrons. The van der Waals surface area contributed by atoms with E-state index >= 15 is 0 Å². The van der Waals surface area contributed by atoms with Crippen molar-refractivity contribution in [2.45, 2.75) is 12.8 Å². The number of halogens is 1. The first-order chi connectivity index (χ1) is 9.10. The molecule has 0 saturated carbocycles. The van der Waals surface area contributed by atoms with Crippen LogP contribution in [0.4, 0.5) is 0 Å². The Hall–Kier alpha value is -1.55. The molecule has 4 nitrogen and oxygen atoms in total. The molecule has 2 amide bonds. The summed E-state index contributed by atoms with van der Waals surface area (Å²) in [7, 11) is 0. The molecule has 2 aliphatic rings. The molecule has 0 aromatic heterocycles. The van der Waals surface area contributed by atoms with E-state index in [4.69, 9.17) is 11.6 Å². The first-order valence-electron chi connectivity index (χ1n) is 6.40. The van der Waals surface area contributed by atoms with Crippen LogP contribution in [0, 0.1) is 5.41 Å². The number of rotatable bonds is 1. The molecule has 5 heteroatoms. The zero-order valence-corrected chi connectivity index (χ0v) is 11.2. The highest BCUT2D eigenvalue weighted by atomic mass is 35.5. The van der Waals surface area contributed by atoms with Gasteiger partial charge < -0.3 is 10.2 Å². The van der Waals surface area contributed by atoms with Gasteiger partial charge in [-0.1, -0.05) is 23.7 Å². The van der Waals surface area contributed by atoms with Gasteiger partial charge in [0.05, 0.1) is 10.6 Å². The average Bonchev–Trinajstić information content (AvgIpc) is 2.97. The highest BCUT2D eigenvalue weighted by molar-refractivity contribution is 6.33. The highest BCUT2D eigenvalue weighted by Crippen LogP contribution is 2.37. The van der Waals surface area contributed by atoms with Gasteiger partial charge in [-0.2, -0.15) is 0 Å². The predicted molar refractivity (Wildman–Crippen MR) is 72.0 cm³/mol. The topological polar surface area (TPSA) is 49.4 Å². The van der Waals surface area contributed by atoms with Gasteiger partial charge in [0.2, 0.25) is 5.91 Å². The molecule has 0 aliphatic carbocycles. The van der Waals surface area contributed by atoms with Gasteiger partial charge in [-0.3, -0.25) is 9.59 Å².